The van der Waals surface area contributed by atoms with Gasteiger partial charge < -0.3 is 10.0 Å². The molecule has 8 nitrogen and oxygen atoms in total. The predicted octanol–water partition coefficient (Wildman–Crippen LogP) is 1.03. The van der Waals surface area contributed by atoms with Crippen molar-refractivity contribution in [3.8, 4) is 0 Å². The van der Waals surface area contributed by atoms with E-state index in [-0.39, 0.29) is 17.0 Å². The summed E-state index contributed by atoms with van der Waals surface area (Å²) in [7, 11) is 0. The van der Waals surface area contributed by atoms with Crippen molar-refractivity contribution in [2.24, 2.45) is 4.99 Å². The van der Waals surface area contributed by atoms with Gasteiger partial charge >= 0.3 is 5.97 Å². The summed E-state index contributed by atoms with van der Waals surface area (Å²) >= 11 is 3.14. The van der Waals surface area contributed by atoms with Crippen LogP contribution in [0.2, 0.25) is 0 Å². The molecule has 1 atom stereocenters. The fraction of sp³-hybridized carbons (Fsp3) is 0.375. The Balaban J connectivity index is 1.35. The summed E-state index contributed by atoms with van der Waals surface area (Å²) in [5.41, 5.74) is 2.50. The number of fused-ring (bicyclic) bond motifs is 2. The number of carboxylic acids is 1. The SMILES string of the molecule is O=C(O)C1=CS[C@@H]2/C(=C\c3cc4n(n3)CCN(C3=NCCS3)C4)C(=O)N12. The molecule has 1 N–H and O–H groups in total. The van der Waals surface area contributed by atoms with Crippen LogP contribution in [-0.2, 0) is 22.7 Å². The fourth-order valence-corrected chi connectivity index (χ4v) is 5.47. The smallest absolute Gasteiger partial charge is 0.353 e. The molecular weight excluding hydrogens is 374 g/mol. The highest BCUT2D eigenvalue weighted by Crippen LogP contribution is 2.45. The van der Waals surface area contributed by atoms with E-state index in [0.29, 0.717) is 5.57 Å². The second-order valence-electron chi connectivity index (χ2n) is 6.29. The number of amidine groups is 1. The molecule has 1 saturated heterocycles. The zero-order chi connectivity index (χ0) is 17.8. The van der Waals surface area contributed by atoms with Crippen LogP contribution in [0.3, 0.4) is 0 Å². The van der Waals surface area contributed by atoms with Crippen LogP contribution < -0.4 is 0 Å². The Morgan fingerprint density at radius 1 is 1.38 bits per heavy atom. The van der Waals surface area contributed by atoms with E-state index in [4.69, 9.17) is 5.11 Å². The number of thioether (sulfide) groups is 2. The maximum Gasteiger partial charge on any atom is 0.353 e. The third-order valence-electron chi connectivity index (χ3n) is 4.71. The summed E-state index contributed by atoms with van der Waals surface area (Å²) in [4.78, 5) is 31.6. The van der Waals surface area contributed by atoms with E-state index in [1.54, 1.807) is 17.8 Å². The molecule has 0 aromatic carbocycles. The number of aliphatic carboxylic acids is 1. The van der Waals surface area contributed by atoms with E-state index in [1.807, 2.05) is 10.7 Å². The van der Waals surface area contributed by atoms with Crippen LogP contribution in [-0.4, -0.2) is 65.9 Å². The lowest BCUT2D eigenvalue weighted by Crippen LogP contribution is -2.51. The second kappa shape index (κ2) is 5.92. The zero-order valence-electron chi connectivity index (χ0n) is 13.7. The molecule has 0 unspecified atom stereocenters. The minimum absolute atomic E-state index is 0.0526. The molecule has 5 rings (SSSR count). The lowest BCUT2D eigenvalue weighted by atomic mass is 10.0. The van der Waals surface area contributed by atoms with Crippen molar-refractivity contribution in [2.45, 2.75) is 18.5 Å². The number of carboxylic acid groups (broad SMARTS) is 1. The van der Waals surface area contributed by atoms with Crippen molar-refractivity contribution in [3.63, 3.8) is 0 Å². The van der Waals surface area contributed by atoms with Gasteiger partial charge in [0.25, 0.3) is 5.91 Å². The average molecular weight is 389 g/mol. The van der Waals surface area contributed by atoms with Crippen LogP contribution in [0.4, 0.5) is 0 Å². The number of aromatic nitrogens is 2. The van der Waals surface area contributed by atoms with Gasteiger partial charge in [-0.15, -0.1) is 11.8 Å². The Labute approximate surface area is 157 Å². The van der Waals surface area contributed by atoms with Gasteiger partial charge in [0.2, 0.25) is 0 Å². The highest BCUT2D eigenvalue weighted by atomic mass is 32.2. The lowest BCUT2D eigenvalue weighted by molar-refractivity contribution is -0.141. The summed E-state index contributed by atoms with van der Waals surface area (Å²) in [5, 5.41) is 16.1. The van der Waals surface area contributed by atoms with E-state index in [9.17, 15) is 9.59 Å². The molecule has 134 valence electrons. The molecule has 1 aromatic rings. The molecule has 26 heavy (non-hydrogen) atoms. The largest absolute Gasteiger partial charge is 0.477 e. The van der Waals surface area contributed by atoms with Gasteiger partial charge in [0.1, 0.15) is 11.1 Å². The molecule has 4 aliphatic rings. The number of rotatable bonds is 2. The normalized spacial score (nSPS) is 25.8. The Kier molecular flexibility index (Phi) is 3.64. The number of aliphatic imine (C=N–C) groups is 1. The van der Waals surface area contributed by atoms with Gasteiger partial charge in [-0.1, -0.05) is 11.8 Å². The summed E-state index contributed by atoms with van der Waals surface area (Å²) in [6.07, 6.45) is 1.78. The molecule has 1 amide bonds. The van der Waals surface area contributed by atoms with Gasteiger partial charge in [0.05, 0.1) is 36.6 Å². The number of carbonyl (C=O) groups is 2. The molecule has 10 heteroatoms. The van der Waals surface area contributed by atoms with Crippen LogP contribution in [0.5, 0.6) is 0 Å². The highest BCUT2D eigenvalue weighted by molar-refractivity contribution is 8.14. The number of hydrogen-bond acceptors (Lipinski definition) is 7. The average Bonchev–Trinajstić information content (AvgIpc) is 3.35. The molecule has 4 aliphatic heterocycles. The molecular formula is C16H15N5O3S2. The zero-order valence-corrected chi connectivity index (χ0v) is 15.3. The van der Waals surface area contributed by atoms with Crippen LogP contribution in [0.1, 0.15) is 11.4 Å². The summed E-state index contributed by atoms with van der Waals surface area (Å²) in [6, 6.07) is 2.00. The fourth-order valence-electron chi connectivity index (χ4n) is 3.46. The topological polar surface area (TPSA) is 91.0 Å². The molecule has 0 aliphatic carbocycles. The lowest BCUT2D eigenvalue weighted by Gasteiger charge is -2.36. The first-order valence-electron chi connectivity index (χ1n) is 8.25. The van der Waals surface area contributed by atoms with Gasteiger partial charge in [0.15, 0.2) is 5.17 Å². The van der Waals surface area contributed by atoms with Crippen molar-refractivity contribution in [3.05, 3.63) is 34.1 Å². The van der Waals surface area contributed by atoms with Crippen molar-refractivity contribution >= 4 is 46.6 Å². The number of carbonyl (C=O) groups excluding carboxylic acids is 1. The van der Waals surface area contributed by atoms with E-state index < -0.39 is 5.97 Å². The first kappa shape index (κ1) is 16.0. The minimum atomic E-state index is -1.07. The minimum Gasteiger partial charge on any atom is -0.477 e. The molecule has 0 bridgehead atoms. The van der Waals surface area contributed by atoms with Crippen LogP contribution in [0.25, 0.3) is 6.08 Å². The monoisotopic (exact) mass is 389 g/mol. The van der Waals surface area contributed by atoms with Gasteiger partial charge in [-0.25, -0.2) is 4.79 Å². The van der Waals surface area contributed by atoms with Crippen LogP contribution in [0, 0.1) is 0 Å². The van der Waals surface area contributed by atoms with Crippen LogP contribution in [0.15, 0.2) is 27.7 Å². The van der Waals surface area contributed by atoms with Crippen molar-refractivity contribution in [1.29, 1.82) is 0 Å². The van der Waals surface area contributed by atoms with Gasteiger partial charge in [-0.2, -0.15) is 5.10 Å². The molecule has 0 spiro atoms. The van der Waals surface area contributed by atoms with Crippen molar-refractivity contribution in [1.82, 2.24) is 19.6 Å². The molecule has 1 fully saturated rings. The second-order valence-corrected chi connectivity index (χ2v) is 8.31. The maximum absolute atomic E-state index is 12.3. The Hall–Kier alpha value is -2.20. The standard InChI is InChI=1S/C16H15N5O3S2/c22-13-11(14-21(13)12(8-26-14)15(23)24)6-9-5-10-7-19(2-3-20(10)18-9)16-17-1-4-25-16/h5-6,8,14H,1-4,7H2,(H,23,24)/b11-6-/t14-/m1/s1. The van der Waals surface area contributed by atoms with E-state index in [0.717, 1.165) is 48.5 Å². The highest BCUT2D eigenvalue weighted by Gasteiger charge is 2.49. The van der Waals surface area contributed by atoms with Gasteiger partial charge in [0, 0.05) is 17.7 Å². The van der Waals surface area contributed by atoms with E-state index in [1.165, 1.54) is 22.1 Å². The maximum atomic E-state index is 12.3. The Morgan fingerprint density at radius 2 is 2.27 bits per heavy atom. The third kappa shape index (κ3) is 2.39. The number of amides is 1. The van der Waals surface area contributed by atoms with E-state index >= 15 is 0 Å². The number of hydrogen-bond donors (Lipinski definition) is 1. The van der Waals surface area contributed by atoms with Crippen molar-refractivity contribution < 1.29 is 14.7 Å². The molecule has 5 heterocycles. The number of nitrogens with zero attached hydrogens (tertiary/aromatic N) is 5. The van der Waals surface area contributed by atoms with Crippen LogP contribution >= 0.6 is 23.5 Å². The van der Waals surface area contributed by atoms with E-state index in [2.05, 4.69) is 15.0 Å². The summed E-state index contributed by atoms with van der Waals surface area (Å²) in [5.74, 6) is -0.275. The van der Waals surface area contributed by atoms with Crippen molar-refractivity contribution in [2.75, 3.05) is 18.8 Å². The third-order valence-corrected chi connectivity index (χ3v) is 6.83. The number of β-lactam (4-membered cyclic amide) rings is 1. The van der Waals surface area contributed by atoms with Gasteiger partial charge in [-0.05, 0) is 12.1 Å². The molecule has 0 radical (unpaired) electrons. The first-order valence-corrected chi connectivity index (χ1v) is 10.2. The summed E-state index contributed by atoms with van der Waals surface area (Å²) < 4.78 is 1.98. The molecule has 1 aromatic heterocycles. The predicted molar refractivity (Wildman–Crippen MR) is 99.3 cm³/mol. The first-order chi connectivity index (χ1) is 12.6. The van der Waals surface area contributed by atoms with Gasteiger partial charge in [-0.3, -0.25) is 19.4 Å². The Morgan fingerprint density at radius 3 is 3.04 bits per heavy atom. The molecule has 0 saturated carbocycles. The quantitative estimate of drug-likeness (QED) is 0.597. The Bertz CT molecular complexity index is 919. The summed E-state index contributed by atoms with van der Waals surface area (Å²) in [6.45, 7) is 3.33.